The number of nitrogens with one attached hydrogen (secondary N) is 2. The molecule has 27 heavy (non-hydrogen) atoms. The number of hydrogen-bond donors (Lipinski definition) is 2. The van der Waals surface area contributed by atoms with E-state index in [-0.39, 0.29) is 11.5 Å². The van der Waals surface area contributed by atoms with Gasteiger partial charge in [-0.1, -0.05) is 24.8 Å². The number of para-hydroxylation sites is 1. The number of esters is 1. The van der Waals surface area contributed by atoms with E-state index in [1.165, 1.54) is 16.0 Å². The summed E-state index contributed by atoms with van der Waals surface area (Å²) in [5, 5.41) is 7.60. The molecule has 0 atom stereocenters. The molecule has 7 heteroatoms. The van der Waals surface area contributed by atoms with Gasteiger partial charge in [0.2, 0.25) is 0 Å². The van der Waals surface area contributed by atoms with Gasteiger partial charge in [0.1, 0.15) is 5.00 Å². The Hall–Kier alpha value is -3.06. The van der Waals surface area contributed by atoms with E-state index in [2.05, 4.69) is 17.0 Å². The van der Waals surface area contributed by atoms with E-state index in [0.717, 1.165) is 16.1 Å². The molecular weight excluding hydrogens is 362 g/mol. The van der Waals surface area contributed by atoms with Crippen molar-refractivity contribution in [2.45, 2.75) is 20.8 Å². The molecule has 2 heterocycles. The van der Waals surface area contributed by atoms with Crippen LogP contribution in [0, 0.1) is 13.8 Å². The van der Waals surface area contributed by atoms with Crippen LogP contribution >= 0.6 is 11.3 Å². The number of anilines is 1. The van der Waals surface area contributed by atoms with Crippen LogP contribution in [0.25, 0.3) is 18.5 Å². The predicted molar refractivity (Wildman–Crippen MR) is 109 cm³/mol. The minimum atomic E-state index is -0.374. The zero-order chi connectivity index (χ0) is 19.6. The molecular formula is C20H21N3O3S. The maximum Gasteiger partial charge on any atom is 0.341 e. The number of aryl methyl sites for hydroxylation is 1. The summed E-state index contributed by atoms with van der Waals surface area (Å²) in [5.74, 6) is -0.374. The van der Waals surface area contributed by atoms with Gasteiger partial charge in [-0.3, -0.25) is 9.89 Å². The first-order chi connectivity index (χ1) is 12.9. The molecule has 0 bridgehead atoms. The number of thiophene rings is 1. The molecule has 2 N–H and O–H groups in total. The number of carbonyl (C=O) groups is 1. The van der Waals surface area contributed by atoms with E-state index >= 15 is 0 Å². The number of H-pyrrole nitrogens is 1. The van der Waals surface area contributed by atoms with E-state index in [9.17, 15) is 9.59 Å². The number of benzene rings is 1. The van der Waals surface area contributed by atoms with Crippen LogP contribution in [-0.2, 0) is 4.74 Å². The fourth-order valence-electron chi connectivity index (χ4n) is 2.72. The van der Waals surface area contributed by atoms with E-state index < -0.39 is 0 Å². The quantitative estimate of drug-likeness (QED) is 0.663. The van der Waals surface area contributed by atoms with Gasteiger partial charge < -0.3 is 10.1 Å². The summed E-state index contributed by atoms with van der Waals surface area (Å²) in [4.78, 5) is 26.0. The van der Waals surface area contributed by atoms with Gasteiger partial charge in [-0.2, -0.15) is 0 Å². The number of rotatable bonds is 5. The highest BCUT2D eigenvalue weighted by Gasteiger charge is 2.20. The van der Waals surface area contributed by atoms with Crippen LogP contribution in [0.15, 0.2) is 35.1 Å². The summed E-state index contributed by atoms with van der Waals surface area (Å²) in [6.07, 6.45) is 1.58. The van der Waals surface area contributed by atoms with Crippen molar-refractivity contribution in [1.82, 2.24) is 9.78 Å². The number of hydrogen-bond acceptors (Lipinski definition) is 5. The van der Waals surface area contributed by atoms with Crippen LogP contribution in [0.2, 0.25) is 0 Å². The highest BCUT2D eigenvalue weighted by Crippen LogP contribution is 2.32. The molecule has 0 fully saturated rings. The van der Waals surface area contributed by atoms with Crippen LogP contribution in [0.3, 0.4) is 0 Å². The van der Waals surface area contributed by atoms with Gasteiger partial charge in [0.25, 0.3) is 5.56 Å². The van der Waals surface area contributed by atoms with Gasteiger partial charge in [-0.25, -0.2) is 9.48 Å². The maximum atomic E-state index is 12.7. The lowest BCUT2D eigenvalue weighted by Gasteiger charge is -2.04. The molecule has 0 saturated heterocycles. The molecule has 0 spiro atoms. The summed E-state index contributed by atoms with van der Waals surface area (Å²) in [6.45, 7) is 9.82. The summed E-state index contributed by atoms with van der Waals surface area (Å²) in [5.41, 5.74) is 1.88. The summed E-state index contributed by atoms with van der Waals surface area (Å²) < 4.78 is 6.59. The normalized spacial score (nSPS) is 11.6. The molecule has 0 amide bonds. The molecule has 6 nitrogen and oxygen atoms in total. The highest BCUT2D eigenvalue weighted by atomic mass is 32.1. The van der Waals surface area contributed by atoms with Gasteiger partial charge in [0.15, 0.2) is 0 Å². The topological polar surface area (TPSA) is 76.1 Å². The molecule has 0 aliphatic rings. The zero-order valence-electron chi connectivity index (χ0n) is 15.5. The molecule has 3 rings (SSSR count). The van der Waals surface area contributed by atoms with E-state index in [0.29, 0.717) is 27.7 Å². The van der Waals surface area contributed by atoms with Crippen LogP contribution in [0.4, 0.5) is 5.00 Å². The molecule has 0 saturated carbocycles. The number of carbonyl (C=O) groups excluding carboxylic acids is 1. The molecule has 0 radical (unpaired) electrons. The van der Waals surface area contributed by atoms with Crippen molar-refractivity contribution >= 4 is 35.1 Å². The average molecular weight is 383 g/mol. The first-order valence-corrected chi connectivity index (χ1v) is 9.35. The molecule has 3 aromatic rings. The van der Waals surface area contributed by atoms with Crippen molar-refractivity contribution in [1.29, 1.82) is 0 Å². The molecule has 2 aromatic heterocycles. The molecule has 0 aliphatic carbocycles. The van der Waals surface area contributed by atoms with E-state index in [1.54, 1.807) is 13.1 Å². The predicted octanol–water partition coefficient (Wildman–Crippen LogP) is 2.28. The van der Waals surface area contributed by atoms with Gasteiger partial charge in [-0.15, -0.1) is 11.3 Å². The lowest BCUT2D eigenvalue weighted by atomic mass is 10.1. The van der Waals surface area contributed by atoms with Gasteiger partial charge >= 0.3 is 5.97 Å². The van der Waals surface area contributed by atoms with Crippen molar-refractivity contribution in [2.75, 3.05) is 11.9 Å². The molecule has 1 aromatic carbocycles. The lowest BCUT2D eigenvalue weighted by Crippen LogP contribution is -2.34. The van der Waals surface area contributed by atoms with Gasteiger partial charge in [-0.05, 0) is 38.5 Å². The highest BCUT2D eigenvalue weighted by molar-refractivity contribution is 7.16. The molecule has 140 valence electrons. The SMILES string of the molecule is C=c1[nH]n(-c2ccccc2)c(=O)/c1=C\Nc1sc(C)c(C)c1C(=O)OCC. The van der Waals surface area contributed by atoms with E-state index in [4.69, 9.17) is 4.74 Å². The summed E-state index contributed by atoms with van der Waals surface area (Å²) in [6, 6.07) is 9.26. The standard InChI is InChI=1S/C20H21N3O3S/c1-5-26-20(25)17-12(2)14(4)27-18(17)21-11-16-13(3)22-23(19(16)24)15-9-7-6-8-10-15/h6-11,21-22H,3,5H2,1-2,4H3/b16-11-. The average Bonchev–Trinajstić information content (AvgIpc) is 3.10. The van der Waals surface area contributed by atoms with Crippen molar-refractivity contribution in [3.05, 3.63) is 67.3 Å². The fraction of sp³-hybridized carbons (Fsp3) is 0.200. The monoisotopic (exact) mass is 383 g/mol. The first-order valence-electron chi connectivity index (χ1n) is 8.53. The van der Waals surface area contributed by atoms with Crippen molar-refractivity contribution in [3.63, 3.8) is 0 Å². The van der Waals surface area contributed by atoms with Crippen molar-refractivity contribution in [3.8, 4) is 5.69 Å². The number of aromatic amines is 1. The van der Waals surface area contributed by atoms with Crippen LogP contribution in [-0.4, -0.2) is 22.4 Å². The Morgan fingerprint density at radius 3 is 2.70 bits per heavy atom. The Labute approximate surface area is 160 Å². The lowest BCUT2D eigenvalue weighted by molar-refractivity contribution is 0.0527. The zero-order valence-corrected chi connectivity index (χ0v) is 16.3. The minimum Gasteiger partial charge on any atom is -0.462 e. The van der Waals surface area contributed by atoms with Crippen LogP contribution < -0.4 is 21.4 Å². The minimum absolute atomic E-state index is 0.221. The molecule has 0 aliphatic heterocycles. The number of aromatic nitrogens is 2. The fourth-order valence-corrected chi connectivity index (χ4v) is 3.74. The largest absolute Gasteiger partial charge is 0.462 e. The third-order valence-corrected chi connectivity index (χ3v) is 5.37. The molecule has 0 unspecified atom stereocenters. The Kier molecular flexibility index (Phi) is 5.32. The van der Waals surface area contributed by atoms with Gasteiger partial charge in [0.05, 0.1) is 28.4 Å². The Bertz CT molecular complexity index is 1140. The number of nitrogens with zero attached hydrogens (tertiary/aromatic N) is 1. The van der Waals surface area contributed by atoms with Crippen molar-refractivity contribution < 1.29 is 9.53 Å². The number of ether oxygens (including phenoxy) is 1. The Balaban J connectivity index is 2.03. The van der Waals surface area contributed by atoms with Gasteiger partial charge in [0, 0.05) is 11.1 Å². The smallest absolute Gasteiger partial charge is 0.341 e. The van der Waals surface area contributed by atoms with Crippen LogP contribution in [0.1, 0.15) is 27.7 Å². The first kappa shape index (κ1) is 18.7. The Morgan fingerprint density at radius 2 is 2.04 bits per heavy atom. The third kappa shape index (κ3) is 3.59. The van der Waals surface area contributed by atoms with Crippen molar-refractivity contribution in [2.24, 2.45) is 0 Å². The van der Waals surface area contributed by atoms with E-state index in [1.807, 2.05) is 44.2 Å². The second kappa shape index (κ2) is 7.67. The Morgan fingerprint density at radius 1 is 1.33 bits per heavy atom. The summed E-state index contributed by atoms with van der Waals surface area (Å²) >= 11 is 1.45. The summed E-state index contributed by atoms with van der Waals surface area (Å²) in [7, 11) is 0. The second-order valence-corrected chi connectivity index (χ2v) is 7.20. The third-order valence-electron chi connectivity index (χ3n) is 4.23. The second-order valence-electron chi connectivity index (χ2n) is 5.98. The maximum absolute atomic E-state index is 12.7. The van der Waals surface area contributed by atoms with Crippen LogP contribution in [0.5, 0.6) is 0 Å².